The molecule has 0 bridgehead atoms. The minimum atomic E-state index is -4.41. The van der Waals surface area contributed by atoms with Gasteiger partial charge in [0.25, 0.3) is 0 Å². The Morgan fingerprint density at radius 1 is 0.383 bits per heavy atom. The average Bonchev–Trinajstić information content (AvgIpc) is 3.46. The van der Waals surface area contributed by atoms with Crippen LogP contribution in [-0.2, 0) is 32.7 Å². The molecule has 0 saturated carbocycles. The van der Waals surface area contributed by atoms with Gasteiger partial charge < -0.3 is 20.1 Å². The lowest BCUT2D eigenvalue weighted by molar-refractivity contribution is -0.161. The van der Waals surface area contributed by atoms with Gasteiger partial charge >= 0.3 is 19.8 Å². The molecule has 10 heteroatoms. The van der Waals surface area contributed by atoms with Gasteiger partial charge in [0, 0.05) is 19.4 Å². The lowest BCUT2D eigenvalue weighted by atomic mass is 10.0. The number of nitrogens with two attached hydrogens (primary N) is 1. The molecule has 0 aliphatic rings. The minimum Gasteiger partial charge on any atom is -0.462 e. The second-order valence-electron chi connectivity index (χ2n) is 22.3. The van der Waals surface area contributed by atoms with E-state index in [9.17, 15) is 19.0 Å². The number of unbranched alkanes of at least 4 members (excludes halogenated alkanes) is 34. The maximum Gasteiger partial charge on any atom is 0.472 e. The van der Waals surface area contributed by atoms with Crippen molar-refractivity contribution in [3.8, 4) is 0 Å². The molecule has 0 aliphatic carbocycles. The summed E-state index contributed by atoms with van der Waals surface area (Å²) in [5.41, 5.74) is 5.39. The van der Waals surface area contributed by atoms with Crippen molar-refractivity contribution in [1.82, 2.24) is 0 Å². The van der Waals surface area contributed by atoms with Crippen LogP contribution in [0.15, 0.2) is 97.2 Å². The van der Waals surface area contributed by atoms with E-state index in [1.165, 1.54) is 193 Å². The molecule has 9 nitrogen and oxygen atoms in total. The van der Waals surface area contributed by atoms with E-state index in [1.54, 1.807) is 0 Å². The Bertz CT molecular complexity index is 1650. The SMILES string of the molecule is CC/C=C\C/C=C\C/C=C\C/C=C\C/C=C\C/C=C\C/C=C\CCCCCC(=O)OC(COC(=O)CCCCCCCCCCCCCCCCCCCCCCCCC/C=C\CCCCCCCCCC)COP(=O)(O)OCCN. The van der Waals surface area contributed by atoms with Crippen LogP contribution in [0.5, 0.6) is 0 Å². The monoisotopic (exact) mass is 1150 g/mol. The Morgan fingerprint density at radius 2 is 0.679 bits per heavy atom. The fraction of sp³-hybridized carbons (Fsp3) is 0.746. The number of allylic oxidation sites excluding steroid dienone is 16. The summed E-state index contributed by atoms with van der Waals surface area (Å²) < 4.78 is 33.1. The number of rotatable bonds is 63. The molecular weight excluding hydrogens is 1030 g/mol. The summed E-state index contributed by atoms with van der Waals surface area (Å²) >= 11 is 0. The smallest absolute Gasteiger partial charge is 0.462 e. The van der Waals surface area contributed by atoms with Crippen LogP contribution in [-0.4, -0.2) is 49.3 Å². The standard InChI is InChI=1S/C71H126NO8P/c1-3-5-7-9-11-13-15-17-19-21-23-25-27-29-30-31-32-33-34-35-36-37-38-40-41-43-45-47-49-51-53-55-57-59-61-63-70(73)77-67-69(68-79-81(75,76)78-66-65-72)80-71(74)64-62-60-58-56-54-52-50-48-46-44-42-39-28-26-24-22-20-18-16-14-12-10-8-6-4-2/h6,8,12,14,18,20-21,23-24,26,39,42,46,48,52,54,69H,3-5,7,9-11,13,15-17,19,22,25,27-38,40-41,43-45,47,49-51,53,55-68,72H2,1-2H3,(H,75,76)/b8-6-,14-12-,20-18-,23-21-,26-24-,42-39-,48-46-,54-52-. The molecule has 0 amide bonds. The zero-order chi connectivity index (χ0) is 58.7. The third kappa shape index (κ3) is 65.9. The average molecular weight is 1150 g/mol. The van der Waals surface area contributed by atoms with Gasteiger partial charge in [-0.2, -0.15) is 0 Å². The summed E-state index contributed by atoms with van der Waals surface area (Å²) in [7, 11) is -4.41. The molecule has 81 heavy (non-hydrogen) atoms. The van der Waals surface area contributed by atoms with Gasteiger partial charge in [0.1, 0.15) is 6.61 Å². The lowest BCUT2D eigenvalue weighted by Gasteiger charge is -2.19. The Balaban J connectivity index is 3.90. The van der Waals surface area contributed by atoms with Crippen LogP contribution in [0.25, 0.3) is 0 Å². The van der Waals surface area contributed by atoms with Crippen molar-refractivity contribution in [3.63, 3.8) is 0 Å². The molecule has 0 aromatic heterocycles. The number of carbonyl (C=O) groups excluding carboxylic acids is 2. The molecule has 2 unspecified atom stereocenters. The summed E-state index contributed by atoms with van der Waals surface area (Å²) in [6.45, 7) is 3.62. The number of phosphoric ester groups is 1. The van der Waals surface area contributed by atoms with E-state index < -0.39 is 26.5 Å². The highest BCUT2D eigenvalue weighted by atomic mass is 31.2. The van der Waals surface area contributed by atoms with Crippen molar-refractivity contribution in [2.75, 3.05) is 26.4 Å². The van der Waals surface area contributed by atoms with Gasteiger partial charge in [0.05, 0.1) is 13.2 Å². The largest absolute Gasteiger partial charge is 0.472 e. The third-order valence-electron chi connectivity index (χ3n) is 14.5. The highest BCUT2D eigenvalue weighted by Gasteiger charge is 2.26. The van der Waals surface area contributed by atoms with E-state index in [0.717, 1.165) is 83.5 Å². The summed E-state index contributed by atoms with van der Waals surface area (Å²) in [4.78, 5) is 35.3. The maximum atomic E-state index is 12.7. The lowest BCUT2D eigenvalue weighted by Crippen LogP contribution is -2.29. The number of hydrogen-bond donors (Lipinski definition) is 2. The number of carbonyl (C=O) groups is 2. The zero-order valence-electron chi connectivity index (χ0n) is 52.5. The van der Waals surface area contributed by atoms with Crippen molar-refractivity contribution in [2.45, 2.75) is 315 Å². The number of esters is 2. The first-order valence-corrected chi connectivity index (χ1v) is 35.2. The fourth-order valence-corrected chi connectivity index (χ4v) is 10.3. The molecule has 0 saturated heterocycles. The topological polar surface area (TPSA) is 134 Å². The quantitative estimate of drug-likeness (QED) is 0.0264. The molecule has 0 radical (unpaired) electrons. The van der Waals surface area contributed by atoms with Crippen molar-refractivity contribution in [3.05, 3.63) is 97.2 Å². The normalized spacial score (nSPS) is 13.6. The first-order valence-electron chi connectivity index (χ1n) is 33.7. The van der Waals surface area contributed by atoms with Gasteiger partial charge in [-0.1, -0.05) is 297 Å². The summed E-state index contributed by atoms with van der Waals surface area (Å²) in [6.07, 6.45) is 89.4. The van der Waals surface area contributed by atoms with Crippen LogP contribution >= 0.6 is 7.82 Å². The number of ether oxygens (including phenoxy) is 2. The number of hydrogen-bond acceptors (Lipinski definition) is 8. The molecular formula is C71H126NO8P. The molecule has 0 rings (SSSR count). The molecule has 0 fully saturated rings. The second-order valence-corrected chi connectivity index (χ2v) is 23.8. The summed E-state index contributed by atoms with van der Waals surface area (Å²) in [5.74, 6) is -0.861. The molecule has 0 aliphatic heterocycles. The van der Waals surface area contributed by atoms with Gasteiger partial charge in [-0.25, -0.2) is 4.57 Å². The first kappa shape index (κ1) is 77.9. The highest BCUT2D eigenvalue weighted by Crippen LogP contribution is 2.43. The minimum absolute atomic E-state index is 0.0439. The summed E-state index contributed by atoms with van der Waals surface area (Å²) in [6, 6.07) is 0. The Hall–Kier alpha value is -3.07. The predicted molar refractivity (Wildman–Crippen MR) is 348 cm³/mol. The van der Waals surface area contributed by atoms with Crippen LogP contribution in [0.4, 0.5) is 0 Å². The zero-order valence-corrected chi connectivity index (χ0v) is 53.4. The van der Waals surface area contributed by atoms with Gasteiger partial charge in [-0.15, -0.1) is 0 Å². The molecule has 3 N–H and O–H groups in total. The van der Waals surface area contributed by atoms with E-state index in [-0.39, 0.29) is 38.6 Å². The van der Waals surface area contributed by atoms with Crippen LogP contribution in [0, 0.1) is 0 Å². The first-order chi connectivity index (χ1) is 39.8. The van der Waals surface area contributed by atoms with E-state index in [0.29, 0.717) is 6.42 Å². The number of phosphoric acid groups is 1. The molecule has 468 valence electrons. The van der Waals surface area contributed by atoms with Crippen molar-refractivity contribution >= 4 is 19.8 Å². The van der Waals surface area contributed by atoms with E-state index in [2.05, 4.69) is 111 Å². The van der Waals surface area contributed by atoms with E-state index in [1.807, 2.05) is 0 Å². The van der Waals surface area contributed by atoms with Crippen molar-refractivity contribution in [2.24, 2.45) is 5.73 Å². The Labute approximate surface area is 499 Å². The summed E-state index contributed by atoms with van der Waals surface area (Å²) in [5, 5.41) is 0. The van der Waals surface area contributed by atoms with Gasteiger partial charge in [0.2, 0.25) is 0 Å². The maximum absolute atomic E-state index is 12.7. The van der Waals surface area contributed by atoms with Gasteiger partial charge in [0.15, 0.2) is 6.10 Å². The Kier molecular flexibility index (Phi) is 63.6. The van der Waals surface area contributed by atoms with Crippen LogP contribution < -0.4 is 5.73 Å². The van der Waals surface area contributed by atoms with E-state index in [4.69, 9.17) is 24.3 Å². The van der Waals surface area contributed by atoms with Crippen LogP contribution in [0.3, 0.4) is 0 Å². The fourth-order valence-electron chi connectivity index (χ4n) is 9.50. The van der Waals surface area contributed by atoms with Crippen molar-refractivity contribution in [1.29, 1.82) is 0 Å². The van der Waals surface area contributed by atoms with Crippen molar-refractivity contribution < 1.29 is 37.6 Å². The van der Waals surface area contributed by atoms with Gasteiger partial charge in [-0.05, 0) is 96.3 Å². The van der Waals surface area contributed by atoms with Crippen LogP contribution in [0.2, 0.25) is 0 Å². The Morgan fingerprint density at radius 3 is 1.04 bits per heavy atom. The molecule has 0 heterocycles. The molecule has 2 atom stereocenters. The van der Waals surface area contributed by atoms with Crippen LogP contribution in [0.1, 0.15) is 309 Å². The third-order valence-corrected chi connectivity index (χ3v) is 15.4. The predicted octanol–water partition coefficient (Wildman–Crippen LogP) is 22.0. The second kappa shape index (κ2) is 66.1. The highest BCUT2D eigenvalue weighted by molar-refractivity contribution is 7.47. The molecule has 0 aromatic rings. The molecule has 0 aromatic carbocycles. The van der Waals surface area contributed by atoms with Gasteiger partial charge in [-0.3, -0.25) is 18.6 Å². The molecule has 0 spiro atoms. The van der Waals surface area contributed by atoms with E-state index >= 15 is 0 Å².